The second-order valence-electron chi connectivity index (χ2n) is 4.39. The van der Waals surface area contributed by atoms with Crippen molar-refractivity contribution in [3.8, 4) is 5.75 Å². The Morgan fingerprint density at radius 3 is 2.80 bits per heavy atom. The second-order valence-corrected chi connectivity index (χ2v) is 5.21. The Balaban J connectivity index is 2.01. The first-order valence-corrected chi connectivity index (χ1v) is 6.83. The van der Waals surface area contributed by atoms with Crippen molar-refractivity contribution in [2.75, 3.05) is 7.11 Å². The molecule has 3 rings (SSSR count). The smallest absolute Gasteiger partial charge is 0.179 e. The average Bonchev–Trinajstić information content (AvgIpc) is 2.75. The van der Waals surface area contributed by atoms with E-state index >= 15 is 0 Å². The van der Waals surface area contributed by atoms with Crippen LogP contribution in [-0.2, 0) is 6.54 Å². The number of rotatable bonds is 3. The number of pyridine rings is 1. The molecular weight excluding hydrogens is 294 g/mol. The van der Waals surface area contributed by atoms with Crippen LogP contribution in [0.4, 0.5) is 0 Å². The zero-order valence-electron chi connectivity index (χ0n) is 10.8. The maximum Gasteiger partial charge on any atom is 0.179 e. The topological polar surface area (TPSA) is 42.8 Å². The molecule has 0 unspecified atom stereocenters. The average molecular weight is 306 g/mol. The van der Waals surface area contributed by atoms with Crippen LogP contribution in [-0.4, -0.2) is 21.6 Å². The van der Waals surface area contributed by atoms with Gasteiger partial charge in [0, 0.05) is 6.20 Å². The maximum absolute atomic E-state index is 5.93. The van der Waals surface area contributed by atoms with E-state index in [1.807, 2.05) is 34.9 Å². The van der Waals surface area contributed by atoms with Crippen molar-refractivity contribution in [3.63, 3.8) is 0 Å². The molecule has 0 fully saturated rings. The third-order valence-corrected chi connectivity index (χ3v) is 3.60. The van der Waals surface area contributed by atoms with Crippen LogP contribution in [0.1, 0.15) is 5.56 Å². The molecule has 102 valence electrons. The number of imidazole rings is 1. The molecule has 0 amide bonds. The number of benzene rings is 1. The molecule has 0 radical (unpaired) electrons. The lowest BCUT2D eigenvalue weighted by Gasteiger charge is -2.05. The Hall–Kier alpha value is -1.85. The van der Waals surface area contributed by atoms with Crippen LogP contribution in [0.2, 0.25) is 5.02 Å². The van der Waals surface area contributed by atoms with Gasteiger partial charge in [0.25, 0.3) is 0 Å². The number of H-pyrrole nitrogens is 1. The number of aromatic amines is 1. The van der Waals surface area contributed by atoms with Gasteiger partial charge < -0.3 is 9.72 Å². The predicted molar refractivity (Wildman–Crippen MR) is 82.0 cm³/mol. The number of hydrogen-bond donors (Lipinski definition) is 1. The van der Waals surface area contributed by atoms with Gasteiger partial charge in [-0.2, -0.15) is 0 Å². The van der Waals surface area contributed by atoms with E-state index < -0.39 is 0 Å². The summed E-state index contributed by atoms with van der Waals surface area (Å²) in [7, 11) is 1.65. The first-order chi connectivity index (χ1) is 9.67. The molecule has 0 atom stereocenters. The molecule has 6 heteroatoms. The van der Waals surface area contributed by atoms with Crippen LogP contribution in [0, 0.1) is 4.77 Å². The van der Waals surface area contributed by atoms with Crippen molar-refractivity contribution in [2.24, 2.45) is 0 Å². The number of fused-ring (bicyclic) bond motifs is 1. The fraction of sp³-hybridized carbons (Fsp3) is 0.143. The van der Waals surface area contributed by atoms with Gasteiger partial charge in [-0.3, -0.25) is 4.57 Å². The first kappa shape index (κ1) is 13.1. The summed E-state index contributed by atoms with van der Waals surface area (Å²) in [4.78, 5) is 7.46. The van der Waals surface area contributed by atoms with Crippen LogP contribution in [0.25, 0.3) is 11.2 Å². The highest BCUT2D eigenvalue weighted by Gasteiger charge is 2.07. The predicted octanol–water partition coefficient (Wildman–Crippen LogP) is 3.80. The summed E-state index contributed by atoms with van der Waals surface area (Å²) in [6.07, 6.45) is 1.62. The summed E-state index contributed by atoms with van der Waals surface area (Å²) in [5.74, 6) is 0.834. The van der Waals surface area contributed by atoms with Gasteiger partial charge in [0.1, 0.15) is 5.75 Å². The van der Waals surface area contributed by atoms with E-state index in [4.69, 9.17) is 28.6 Å². The molecule has 2 heterocycles. The first-order valence-electron chi connectivity index (χ1n) is 6.04. The molecule has 0 aliphatic heterocycles. The minimum atomic E-state index is 0.588. The van der Waals surface area contributed by atoms with Gasteiger partial charge in [-0.25, -0.2) is 4.98 Å². The zero-order chi connectivity index (χ0) is 14.1. The minimum Gasteiger partial charge on any atom is -0.497 e. The lowest BCUT2D eigenvalue weighted by Crippen LogP contribution is -2.00. The number of halogens is 1. The van der Waals surface area contributed by atoms with Gasteiger partial charge in [-0.05, 0) is 36.0 Å². The van der Waals surface area contributed by atoms with E-state index in [2.05, 4.69) is 9.97 Å². The molecule has 0 aliphatic rings. The maximum atomic E-state index is 5.93. The van der Waals surface area contributed by atoms with E-state index in [1.54, 1.807) is 13.3 Å². The van der Waals surface area contributed by atoms with E-state index in [0.29, 0.717) is 16.3 Å². The highest BCUT2D eigenvalue weighted by Crippen LogP contribution is 2.18. The van der Waals surface area contributed by atoms with Gasteiger partial charge in [-0.1, -0.05) is 23.7 Å². The minimum absolute atomic E-state index is 0.588. The van der Waals surface area contributed by atoms with Crippen molar-refractivity contribution in [1.29, 1.82) is 0 Å². The Morgan fingerprint density at radius 2 is 2.10 bits per heavy atom. The van der Waals surface area contributed by atoms with E-state index in [-0.39, 0.29) is 0 Å². The molecule has 4 nitrogen and oxygen atoms in total. The number of nitrogens with zero attached hydrogens (tertiary/aromatic N) is 2. The van der Waals surface area contributed by atoms with Gasteiger partial charge in [0.15, 0.2) is 10.4 Å². The van der Waals surface area contributed by atoms with Gasteiger partial charge in [-0.15, -0.1) is 0 Å². The van der Waals surface area contributed by atoms with E-state index in [9.17, 15) is 0 Å². The number of nitrogens with one attached hydrogen (secondary N) is 1. The van der Waals surface area contributed by atoms with Crippen molar-refractivity contribution in [1.82, 2.24) is 14.5 Å². The van der Waals surface area contributed by atoms with Gasteiger partial charge in [0.05, 0.1) is 24.2 Å². The lowest BCUT2D eigenvalue weighted by molar-refractivity contribution is 0.414. The largest absolute Gasteiger partial charge is 0.497 e. The Morgan fingerprint density at radius 1 is 1.35 bits per heavy atom. The fourth-order valence-corrected chi connectivity index (χ4v) is 2.50. The molecule has 1 N–H and O–H groups in total. The van der Waals surface area contributed by atoms with Crippen molar-refractivity contribution < 1.29 is 4.74 Å². The molecule has 0 saturated heterocycles. The van der Waals surface area contributed by atoms with Crippen molar-refractivity contribution in [2.45, 2.75) is 6.54 Å². The Bertz CT molecular complexity index is 807. The number of hydrogen-bond acceptors (Lipinski definition) is 3. The van der Waals surface area contributed by atoms with Crippen LogP contribution in [0.5, 0.6) is 5.75 Å². The van der Waals surface area contributed by atoms with Gasteiger partial charge >= 0.3 is 0 Å². The van der Waals surface area contributed by atoms with Crippen LogP contribution >= 0.6 is 23.8 Å². The molecule has 3 aromatic rings. The summed E-state index contributed by atoms with van der Waals surface area (Å²) < 4.78 is 7.73. The molecule has 1 aromatic carbocycles. The Labute approximate surface area is 126 Å². The van der Waals surface area contributed by atoms with Crippen LogP contribution in [0.15, 0.2) is 36.5 Å². The van der Waals surface area contributed by atoms with Crippen molar-refractivity contribution >= 4 is 35.0 Å². The molecule has 20 heavy (non-hydrogen) atoms. The summed E-state index contributed by atoms with van der Waals surface area (Å²) >= 11 is 11.3. The Kier molecular flexibility index (Phi) is 3.46. The van der Waals surface area contributed by atoms with Crippen molar-refractivity contribution in [3.05, 3.63) is 51.9 Å². The van der Waals surface area contributed by atoms with Gasteiger partial charge in [0.2, 0.25) is 0 Å². The fourth-order valence-electron chi connectivity index (χ4n) is 2.08. The lowest BCUT2D eigenvalue weighted by atomic mass is 10.2. The van der Waals surface area contributed by atoms with Crippen LogP contribution < -0.4 is 4.74 Å². The second kappa shape index (κ2) is 5.26. The number of ether oxygens (including phenoxy) is 1. The van der Waals surface area contributed by atoms with E-state index in [0.717, 1.165) is 22.5 Å². The summed E-state index contributed by atoms with van der Waals surface area (Å²) in [6.45, 7) is 0.650. The number of aromatic nitrogens is 3. The molecule has 0 saturated carbocycles. The normalized spacial score (nSPS) is 10.9. The third kappa shape index (κ3) is 2.42. The molecular formula is C14H12ClN3OS. The quantitative estimate of drug-likeness (QED) is 0.748. The van der Waals surface area contributed by atoms with Crippen LogP contribution in [0.3, 0.4) is 0 Å². The summed E-state index contributed by atoms with van der Waals surface area (Å²) in [5, 5.41) is 0.588. The molecule has 0 bridgehead atoms. The van der Waals surface area contributed by atoms with E-state index in [1.165, 1.54) is 0 Å². The molecule has 0 aliphatic carbocycles. The third-order valence-electron chi connectivity index (χ3n) is 3.08. The SMILES string of the molecule is COc1ccc(Cn2c(=S)[nH]c3cc(Cl)cnc32)cc1. The standard InChI is InChI=1S/C14H12ClN3OS/c1-19-11-4-2-9(3-5-11)8-18-13-12(17-14(18)20)6-10(15)7-16-13/h2-7H,8H2,1H3,(H,17,20). The monoisotopic (exact) mass is 305 g/mol. The number of methoxy groups -OCH3 is 1. The molecule has 0 spiro atoms. The highest BCUT2D eigenvalue weighted by molar-refractivity contribution is 7.71. The summed E-state index contributed by atoms with van der Waals surface area (Å²) in [5.41, 5.74) is 2.77. The highest BCUT2D eigenvalue weighted by atomic mass is 35.5. The summed E-state index contributed by atoms with van der Waals surface area (Å²) in [6, 6.07) is 9.70. The molecule has 2 aromatic heterocycles. The zero-order valence-corrected chi connectivity index (χ0v) is 12.3.